The normalized spacial score (nSPS) is 11.0. The first-order valence-corrected chi connectivity index (χ1v) is 18.7. The highest BCUT2D eigenvalue weighted by molar-refractivity contribution is 7.07. The topological polar surface area (TPSA) is 168 Å². The van der Waals surface area contributed by atoms with Gasteiger partial charge >= 0.3 is 0 Å². The molecule has 0 aliphatic carbocycles. The minimum atomic E-state index is -0.292. The summed E-state index contributed by atoms with van der Waals surface area (Å²) in [5.74, 6) is -0.564. The highest BCUT2D eigenvalue weighted by atomic mass is 32.1. The number of hydrogen-bond donors (Lipinski definition) is 6. The number of carbonyl (C=O) groups excluding carboxylic acids is 4. The van der Waals surface area contributed by atoms with Crippen LogP contribution in [0.25, 0.3) is 11.1 Å². The molecule has 10 nitrogen and oxygen atoms in total. The van der Waals surface area contributed by atoms with Crippen molar-refractivity contribution in [1.29, 1.82) is 0 Å². The molecule has 0 fully saturated rings. The van der Waals surface area contributed by atoms with Crippen LogP contribution in [0.1, 0.15) is 81.0 Å². The maximum atomic E-state index is 13.2. The van der Waals surface area contributed by atoms with Gasteiger partial charge in [-0.25, -0.2) is 0 Å². The number of nitrogens with one attached hydrogen (secondary N) is 4. The Morgan fingerprint density at radius 1 is 0.815 bits per heavy atom. The van der Waals surface area contributed by atoms with Gasteiger partial charge in [-0.2, -0.15) is 11.3 Å². The number of nitrogens with two attached hydrogens (primary N) is 2. The van der Waals surface area contributed by atoms with E-state index in [4.69, 9.17) is 5.73 Å². The van der Waals surface area contributed by atoms with Crippen LogP contribution >= 0.6 is 11.3 Å². The number of amides is 3. The number of hydrogen-bond acceptors (Lipinski definition) is 8. The number of benzene rings is 4. The predicted molar refractivity (Wildman–Crippen MR) is 223 cm³/mol. The molecule has 2 atom stereocenters. The zero-order chi connectivity index (χ0) is 39.7. The van der Waals surface area contributed by atoms with Gasteiger partial charge in [0.2, 0.25) is 6.41 Å². The third kappa shape index (κ3) is 16.0. The second kappa shape index (κ2) is 25.4. The second-order valence-corrected chi connectivity index (χ2v) is 13.0. The van der Waals surface area contributed by atoms with Gasteiger partial charge in [0, 0.05) is 48.1 Å². The number of aldehydes is 1. The fraction of sp³-hybridized carbons (Fsp3) is 0.256. The molecule has 1 aromatic heterocycles. The molecular weight excluding hydrogens is 697 g/mol. The molecule has 0 radical (unpaired) electrons. The van der Waals surface area contributed by atoms with Crippen LogP contribution in [0, 0.1) is 6.92 Å². The van der Waals surface area contributed by atoms with Crippen LogP contribution in [0.15, 0.2) is 114 Å². The maximum absolute atomic E-state index is 13.2. The molecule has 8 N–H and O–H groups in total. The maximum Gasteiger partial charge on any atom is 0.251 e. The van der Waals surface area contributed by atoms with Crippen molar-refractivity contribution in [2.24, 2.45) is 5.73 Å². The molecule has 0 saturated heterocycles. The number of nitrogen functional groups attached to an aromatic ring is 1. The Morgan fingerprint density at radius 3 is 2.04 bits per heavy atom. The van der Waals surface area contributed by atoms with Crippen molar-refractivity contribution in [3.8, 4) is 11.1 Å². The Balaban J connectivity index is 0.000000430. The molecule has 5 rings (SSSR count). The minimum absolute atomic E-state index is 0.210. The van der Waals surface area contributed by atoms with E-state index in [1.54, 1.807) is 41.7 Å². The van der Waals surface area contributed by atoms with Gasteiger partial charge in [-0.05, 0) is 109 Å². The van der Waals surface area contributed by atoms with Gasteiger partial charge in [-0.15, -0.1) is 0 Å². The lowest BCUT2D eigenvalue weighted by atomic mass is 9.95. The van der Waals surface area contributed by atoms with Crippen molar-refractivity contribution in [2.75, 3.05) is 25.9 Å². The standard InChI is InChI=1S/C29H33N3O3.C8H10N2O.C5H6S.CH5N/c1-4-20(2)30-14-15-31-28(34)25-16-24(27-13-9-8-12-23(27)19-33)17-26(18-25)29(35)32-21(3)22-10-6-5-7-11-22;9-8-3-1-7(2-4-8)5-10-6-11;1-5-2-3-6-4-5;1-2/h5-13,16-21,30H,4,14-15H2,1-3H3,(H,31,34)(H,32,35);1-4,6H,5,9H2,(H,10,11);2-4H,1H3;2H2,1H3/t20-,21?;;;/m1.../s1. The number of rotatable bonds is 14. The Hall–Kier alpha value is -5.62. The van der Waals surface area contributed by atoms with Crippen LogP contribution in [0.4, 0.5) is 5.69 Å². The van der Waals surface area contributed by atoms with Crippen LogP contribution in [0.3, 0.4) is 0 Å². The van der Waals surface area contributed by atoms with Gasteiger partial charge in [0.05, 0.1) is 6.04 Å². The van der Waals surface area contributed by atoms with Crippen LogP contribution in [0.2, 0.25) is 0 Å². The Kier molecular flexibility index (Phi) is 20.9. The van der Waals surface area contributed by atoms with Crippen LogP contribution in [0.5, 0.6) is 0 Å². The zero-order valence-electron chi connectivity index (χ0n) is 31.8. The van der Waals surface area contributed by atoms with E-state index in [-0.39, 0.29) is 17.9 Å². The lowest BCUT2D eigenvalue weighted by molar-refractivity contribution is -0.109. The van der Waals surface area contributed by atoms with E-state index in [0.29, 0.717) is 59.9 Å². The summed E-state index contributed by atoms with van der Waals surface area (Å²) in [5, 5.41) is 16.0. The number of anilines is 1. The fourth-order valence-electron chi connectivity index (χ4n) is 4.88. The van der Waals surface area contributed by atoms with Gasteiger partial charge in [0.25, 0.3) is 11.8 Å². The summed E-state index contributed by atoms with van der Waals surface area (Å²) in [6.07, 6.45) is 2.46. The first-order valence-electron chi connectivity index (χ1n) is 17.8. The molecule has 54 heavy (non-hydrogen) atoms. The first kappa shape index (κ1) is 44.5. The molecular formula is C43H54N6O4S. The molecule has 1 heterocycles. The molecule has 0 aliphatic rings. The number of carbonyl (C=O) groups is 4. The first-order chi connectivity index (χ1) is 26.1. The van der Waals surface area contributed by atoms with Gasteiger partial charge in [0.15, 0.2) is 6.29 Å². The summed E-state index contributed by atoms with van der Waals surface area (Å²) in [5.41, 5.74) is 16.6. The predicted octanol–water partition coefficient (Wildman–Crippen LogP) is 6.92. The van der Waals surface area contributed by atoms with Crippen LogP contribution in [-0.2, 0) is 11.3 Å². The zero-order valence-corrected chi connectivity index (χ0v) is 32.6. The van der Waals surface area contributed by atoms with Crippen molar-refractivity contribution in [2.45, 2.75) is 52.7 Å². The SMILES string of the molecule is CC[C@@H](C)NCCNC(=O)c1cc(C(=O)NC(C)c2ccccc2)cc(-c2ccccc2C=O)c1.CN.Cc1ccsc1.Nc1ccc(CNC=O)cc1. The molecule has 1 unspecified atom stereocenters. The molecule has 5 aromatic rings. The highest BCUT2D eigenvalue weighted by Gasteiger charge is 2.17. The summed E-state index contributed by atoms with van der Waals surface area (Å²) in [7, 11) is 1.50. The minimum Gasteiger partial charge on any atom is -0.399 e. The van der Waals surface area contributed by atoms with Crippen LogP contribution in [-0.4, -0.2) is 50.7 Å². The van der Waals surface area contributed by atoms with Crippen molar-refractivity contribution in [1.82, 2.24) is 21.3 Å². The highest BCUT2D eigenvalue weighted by Crippen LogP contribution is 2.26. The van der Waals surface area contributed by atoms with E-state index >= 15 is 0 Å². The Labute approximate surface area is 323 Å². The van der Waals surface area contributed by atoms with Crippen LogP contribution < -0.4 is 32.7 Å². The van der Waals surface area contributed by atoms with Crippen molar-refractivity contribution >= 4 is 41.5 Å². The molecule has 3 amide bonds. The van der Waals surface area contributed by atoms with E-state index in [0.717, 1.165) is 29.5 Å². The Morgan fingerprint density at radius 2 is 1.46 bits per heavy atom. The average Bonchev–Trinajstić information content (AvgIpc) is 3.71. The van der Waals surface area contributed by atoms with Gasteiger partial charge < -0.3 is 32.7 Å². The number of aryl methyl sites for hydroxylation is 1. The quantitative estimate of drug-likeness (QED) is 0.0407. The lowest BCUT2D eigenvalue weighted by Gasteiger charge is -2.16. The fourth-order valence-corrected chi connectivity index (χ4v) is 5.55. The molecule has 4 aromatic carbocycles. The third-order valence-corrected chi connectivity index (χ3v) is 8.85. The molecule has 11 heteroatoms. The van der Waals surface area contributed by atoms with E-state index in [2.05, 4.69) is 64.6 Å². The smallest absolute Gasteiger partial charge is 0.251 e. The summed E-state index contributed by atoms with van der Waals surface area (Å²) >= 11 is 1.74. The molecule has 0 bridgehead atoms. The molecule has 0 spiro atoms. The molecule has 286 valence electrons. The van der Waals surface area contributed by atoms with Crippen molar-refractivity contribution < 1.29 is 19.2 Å². The van der Waals surface area contributed by atoms with Crippen molar-refractivity contribution in [3.05, 3.63) is 147 Å². The average molecular weight is 751 g/mol. The lowest BCUT2D eigenvalue weighted by Crippen LogP contribution is -2.35. The van der Waals surface area contributed by atoms with Crippen molar-refractivity contribution in [3.63, 3.8) is 0 Å². The molecule has 0 saturated carbocycles. The van der Waals surface area contributed by atoms with E-state index in [1.807, 2.05) is 73.7 Å². The summed E-state index contributed by atoms with van der Waals surface area (Å²) in [6, 6.07) is 31.5. The van der Waals surface area contributed by atoms with Gasteiger partial charge in [0.1, 0.15) is 0 Å². The van der Waals surface area contributed by atoms with Gasteiger partial charge in [-0.1, -0.05) is 73.7 Å². The van der Waals surface area contributed by atoms with E-state index in [1.165, 1.54) is 12.6 Å². The molecule has 0 aliphatic heterocycles. The summed E-state index contributed by atoms with van der Waals surface area (Å²) in [4.78, 5) is 47.7. The third-order valence-electron chi connectivity index (χ3n) is 8.05. The summed E-state index contributed by atoms with van der Waals surface area (Å²) < 4.78 is 0. The summed E-state index contributed by atoms with van der Waals surface area (Å²) in [6.45, 7) is 9.87. The monoisotopic (exact) mass is 750 g/mol. The second-order valence-electron chi connectivity index (χ2n) is 12.2. The van der Waals surface area contributed by atoms with Gasteiger partial charge in [-0.3, -0.25) is 19.2 Å². The van der Waals surface area contributed by atoms with E-state index < -0.39 is 0 Å². The van der Waals surface area contributed by atoms with E-state index in [9.17, 15) is 19.2 Å². The Bertz CT molecular complexity index is 1830. The number of thiophene rings is 1. The largest absolute Gasteiger partial charge is 0.399 e.